The molecule has 4 heterocycles. The number of hydrogen-bond donors (Lipinski definition) is 2. The smallest absolute Gasteiger partial charge is 0.0983 e. The van der Waals surface area contributed by atoms with Gasteiger partial charge in [-0.2, -0.15) is 22.7 Å². The molecule has 2 aromatic rings. The number of piperidine rings is 2. The zero-order valence-corrected chi connectivity index (χ0v) is 18.9. The second kappa shape index (κ2) is 11.6. The summed E-state index contributed by atoms with van der Waals surface area (Å²) in [6.07, 6.45) is 9.71. The van der Waals surface area contributed by atoms with Crippen molar-refractivity contribution in [3.8, 4) is 0 Å². The molecule has 0 saturated carbocycles. The standard InChI is InChI=1S/C21H28N2S2.2ClH/c1-2-9-23(10-3-1)20-4-11-22(12-5-20)13-6-21(18-7-14-24-16-18)19-8-15-25-17-19;;/h6-8,14-17,20H,1-5,9-13H2;2*1H. The van der Waals surface area contributed by atoms with Gasteiger partial charge in [0, 0.05) is 12.8 Å². The molecule has 6 heteroatoms. The van der Waals surface area contributed by atoms with E-state index in [2.05, 4.69) is 39.7 Å². The van der Waals surface area contributed by atoms with E-state index >= 15 is 0 Å². The minimum absolute atomic E-state index is 0. The molecule has 2 nitrogen and oxygen atoms in total. The molecule has 0 atom stereocenters. The fourth-order valence-corrected chi connectivity index (χ4v) is 5.85. The van der Waals surface area contributed by atoms with Gasteiger partial charge in [0.15, 0.2) is 0 Å². The van der Waals surface area contributed by atoms with E-state index in [1.807, 2.05) is 4.90 Å². The number of rotatable bonds is 5. The number of nitrogens with one attached hydrogen (secondary N) is 2. The van der Waals surface area contributed by atoms with Gasteiger partial charge in [-0.25, -0.2) is 0 Å². The molecule has 0 radical (unpaired) electrons. The number of thiophene rings is 2. The predicted octanol–water partition coefficient (Wildman–Crippen LogP) is -3.63. The highest BCUT2D eigenvalue weighted by Gasteiger charge is 2.30. The SMILES string of the molecule is C(C[NH+]1CCC([NH+]2CCCCC2)CC1)=C(c1ccsc1)c1ccsc1.[Cl-].[Cl-]. The Hall–Kier alpha value is -0.360. The quantitative estimate of drug-likeness (QED) is 0.470. The van der Waals surface area contributed by atoms with Crippen molar-refractivity contribution in [1.82, 2.24) is 0 Å². The summed E-state index contributed by atoms with van der Waals surface area (Å²) in [6.45, 7) is 6.74. The normalized spacial score (nSPS) is 23.1. The molecule has 0 spiro atoms. The molecule has 2 aromatic heterocycles. The van der Waals surface area contributed by atoms with E-state index in [1.165, 1.54) is 81.5 Å². The molecular formula is C21H30Cl2N2S2. The van der Waals surface area contributed by atoms with Crippen molar-refractivity contribution in [3.63, 3.8) is 0 Å². The summed E-state index contributed by atoms with van der Waals surface area (Å²) in [5.74, 6) is 0. The molecule has 2 aliphatic rings. The van der Waals surface area contributed by atoms with Gasteiger partial charge in [-0.15, -0.1) is 0 Å². The fraction of sp³-hybridized carbons (Fsp3) is 0.524. The van der Waals surface area contributed by atoms with Gasteiger partial charge in [0.1, 0.15) is 0 Å². The van der Waals surface area contributed by atoms with Gasteiger partial charge < -0.3 is 34.6 Å². The van der Waals surface area contributed by atoms with Gasteiger partial charge in [-0.3, -0.25) is 0 Å². The van der Waals surface area contributed by atoms with Gasteiger partial charge in [0.05, 0.1) is 38.8 Å². The maximum atomic E-state index is 2.49. The zero-order chi connectivity index (χ0) is 16.9. The summed E-state index contributed by atoms with van der Waals surface area (Å²) in [7, 11) is 0. The summed E-state index contributed by atoms with van der Waals surface area (Å²) in [5.41, 5.74) is 4.20. The van der Waals surface area contributed by atoms with Crippen LogP contribution in [0.4, 0.5) is 0 Å². The highest BCUT2D eigenvalue weighted by molar-refractivity contribution is 7.08. The summed E-state index contributed by atoms with van der Waals surface area (Å²) in [6, 6.07) is 5.46. The Labute approximate surface area is 184 Å². The van der Waals surface area contributed by atoms with Gasteiger partial charge in [0.25, 0.3) is 0 Å². The molecule has 2 aliphatic heterocycles. The summed E-state index contributed by atoms with van der Waals surface area (Å²) in [5, 5.41) is 8.94. The Balaban J connectivity index is 0.00000131. The second-order valence-electron chi connectivity index (χ2n) is 7.59. The van der Waals surface area contributed by atoms with E-state index in [1.54, 1.807) is 27.6 Å². The summed E-state index contributed by atoms with van der Waals surface area (Å²) >= 11 is 3.59. The Kier molecular flexibility index (Phi) is 9.85. The third-order valence-corrected chi connectivity index (χ3v) is 7.39. The van der Waals surface area contributed by atoms with Crippen molar-refractivity contribution in [3.05, 3.63) is 50.9 Å². The van der Waals surface area contributed by atoms with Crippen LogP contribution in [0, 0.1) is 0 Å². The lowest BCUT2D eigenvalue weighted by Gasteiger charge is -2.35. The third-order valence-electron chi connectivity index (χ3n) is 6.03. The molecule has 2 saturated heterocycles. The fourth-order valence-electron chi connectivity index (χ4n) is 4.54. The highest BCUT2D eigenvalue weighted by Crippen LogP contribution is 2.26. The Bertz CT molecular complexity index is 620. The van der Waals surface area contributed by atoms with Crippen LogP contribution in [0.25, 0.3) is 5.57 Å². The lowest BCUT2D eigenvalue weighted by Crippen LogP contribution is -3.21. The van der Waals surface area contributed by atoms with Crippen molar-refractivity contribution in [2.45, 2.75) is 38.1 Å². The van der Waals surface area contributed by atoms with E-state index in [4.69, 9.17) is 0 Å². The lowest BCUT2D eigenvalue weighted by atomic mass is 9.99. The predicted molar refractivity (Wildman–Crippen MR) is 109 cm³/mol. The van der Waals surface area contributed by atoms with Crippen molar-refractivity contribution >= 4 is 28.2 Å². The lowest BCUT2D eigenvalue weighted by molar-refractivity contribution is -0.958. The molecule has 0 bridgehead atoms. The molecule has 0 aliphatic carbocycles. The Morgan fingerprint density at radius 1 is 0.889 bits per heavy atom. The minimum Gasteiger partial charge on any atom is -1.00 e. The van der Waals surface area contributed by atoms with Crippen LogP contribution in [0.15, 0.2) is 39.7 Å². The van der Waals surface area contributed by atoms with Crippen molar-refractivity contribution in [2.75, 3.05) is 32.7 Å². The van der Waals surface area contributed by atoms with Crippen LogP contribution in [0.2, 0.25) is 0 Å². The van der Waals surface area contributed by atoms with Crippen LogP contribution in [0.1, 0.15) is 43.2 Å². The molecule has 2 fully saturated rings. The van der Waals surface area contributed by atoms with E-state index in [-0.39, 0.29) is 24.8 Å². The molecule has 150 valence electrons. The average molecular weight is 446 g/mol. The van der Waals surface area contributed by atoms with E-state index in [0.717, 1.165) is 6.04 Å². The first-order valence-corrected chi connectivity index (χ1v) is 11.7. The highest BCUT2D eigenvalue weighted by atomic mass is 35.5. The summed E-state index contributed by atoms with van der Waals surface area (Å²) in [4.78, 5) is 3.69. The summed E-state index contributed by atoms with van der Waals surface area (Å²) < 4.78 is 0. The van der Waals surface area contributed by atoms with Crippen molar-refractivity contribution in [2.24, 2.45) is 0 Å². The van der Waals surface area contributed by atoms with Gasteiger partial charge in [-0.1, -0.05) is 0 Å². The van der Waals surface area contributed by atoms with Crippen LogP contribution in [-0.4, -0.2) is 38.8 Å². The maximum Gasteiger partial charge on any atom is 0.0983 e. The first-order chi connectivity index (χ1) is 12.4. The maximum absolute atomic E-state index is 2.49. The molecule has 0 aromatic carbocycles. The Morgan fingerprint density at radius 3 is 2.00 bits per heavy atom. The van der Waals surface area contributed by atoms with Gasteiger partial charge >= 0.3 is 0 Å². The topological polar surface area (TPSA) is 8.88 Å². The number of halogens is 2. The minimum atomic E-state index is 0. The molecule has 0 amide bonds. The average Bonchev–Trinajstić information content (AvgIpc) is 3.38. The number of quaternary nitrogens is 2. The molecule has 4 rings (SSSR count). The van der Waals surface area contributed by atoms with Crippen LogP contribution in [-0.2, 0) is 0 Å². The third kappa shape index (κ3) is 6.06. The van der Waals surface area contributed by atoms with Gasteiger partial charge in [-0.05, 0) is 75.7 Å². The molecule has 2 N–H and O–H groups in total. The molecule has 0 unspecified atom stereocenters. The first-order valence-electron chi connectivity index (χ1n) is 9.83. The first kappa shape index (κ1) is 22.9. The van der Waals surface area contributed by atoms with Crippen LogP contribution < -0.4 is 34.6 Å². The van der Waals surface area contributed by atoms with E-state index < -0.39 is 0 Å². The van der Waals surface area contributed by atoms with E-state index in [0.29, 0.717) is 0 Å². The van der Waals surface area contributed by atoms with Gasteiger partial charge in [0.2, 0.25) is 0 Å². The van der Waals surface area contributed by atoms with Crippen molar-refractivity contribution in [1.29, 1.82) is 0 Å². The second-order valence-corrected chi connectivity index (χ2v) is 9.15. The van der Waals surface area contributed by atoms with Crippen molar-refractivity contribution < 1.29 is 34.6 Å². The molecule has 27 heavy (non-hydrogen) atoms. The number of hydrogen-bond acceptors (Lipinski definition) is 2. The Morgan fingerprint density at radius 2 is 1.48 bits per heavy atom. The van der Waals surface area contributed by atoms with Crippen LogP contribution >= 0.6 is 22.7 Å². The van der Waals surface area contributed by atoms with Crippen LogP contribution in [0.5, 0.6) is 0 Å². The molecular weight excluding hydrogens is 415 g/mol. The van der Waals surface area contributed by atoms with Crippen LogP contribution in [0.3, 0.4) is 0 Å². The zero-order valence-electron chi connectivity index (χ0n) is 15.8. The monoisotopic (exact) mass is 444 g/mol. The largest absolute Gasteiger partial charge is 1.00 e. The van der Waals surface area contributed by atoms with E-state index in [9.17, 15) is 0 Å². The number of likely N-dealkylation sites (tertiary alicyclic amines) is 2.